The van der Waals surface area contributed by atoms with E-state index in [4.69, 9.17) is 4.74 Å². The van der Waals surface area contributed by atoms with Gasteiger partial charge in [-0.1, -0.05) is 57.9 Å². The lowest BCUT2D eigenvalue weighted by Gasteiger charge is -2.32. The number of nitrogens with zero attached hydrogens (tertiary/aromatic N) is 1. The number of allylic oxidation sites excluding steroid dienone is 5. The normalized spacial score (nSPS) is 25.7. The molecule has 3 heteroatoms. The van der Waals surface area contributed by atoms with E-state index in [1.165, 1.54) is 37.8 Å². The number of hydrogen-bond donors (Lipinski definition) is 1. The second kappa shape index (κ2) is 12.4. The molecule has 0 bridgehead atoms. The van der Waals surface area contributed by atoms with Gasteiger partial charge >= 0.3 is 0 Å². The van der Waals surface area contributed by atoms with Gasteiger partial charge < -0.3 is 10.1 Å². The number of ether oxygens (including phenoxy) is 1. The SMILES string of the molecule is CCN(CCNC1=CC(C2CCC(CC(C)C)CC2)C=CC=C1)CCOC. The largest absolute Gasteiger partial charge is 0.384 e. The van der Waals surface area contributed by atoms with Gasteiger partial charge in [-0.2, -0.15) is 0 Å². The molecular formula is C24H42N2O. The molecule has 3 nitrogen and oxygen atoms in total. The van der Waals surface area contributed by atoms with Crippen molar-refractivity contribution in [2.75, 3.05) is 39.9 Å². The number of likely N-dealkylation sites (N-methyl/N-ethyl adjacent to an activating group) is 1. The summed E-state index contributed by atoms with van der Waals surface area (Å²) in [6.45, 7) is 11.9. The van der Waals surface area contributed by atoms with Crippen molar-refractivity contribution in [2.45, 2.75) is 52.9 Å². The van der Waals surface area contributed by atoms with E-state index in [1.54, 1.807) is 7.11 Å². The lowest BCUT2D eigenvalue weighted by Crippen LogP contribution is -2.34. The highest BCUT2D eigenvalue weighted by Crippen LogP contribution is 2.37. The zero-order valence-electron chi connectivity index (χ0n) is 18.1. The molecular weight excluding hydrogens is 332 g/mol. The summed E-state index contributed by atoms with van der Waals surface area (Å²) >= 11 is 0. The molecule has 1 fully saturated rings. The van der Waals surface area contributed by atoms with Gasteiger partial charge in [-0.25, -0.2) is 0 Å². The van der Waals surface area contributed by atoms with Crippen LogP contribution in [0.2, 0.25) is 0 Å². The first-order valence-electron chi connectivity index (χ1n) is 11.1. The second-order valence-electron chi connectivity index (χ2n) is 8.71. The lowest BCUT2D eigenvalue weighted by molar-refractivity contribution is 0.151. The third-order valence-electron chi connectivity index (χ3n) is 6.15. The van der Waals surface area contributed by atoms with Crippen LogP contribution < -0.4 is 5.32 Å². The highest BCUT2D eigenvalue weighted by Gasteiger charge is 2.26. The number of methoxy groups -OCH3 is 1. The van der Waals surface area contributed by atoms with E-state index in [0.717, 1.165) is 50.5 Å². The summed E-state index contributed by atoms with van der Waals surface area (Å²) in [5, 5.41) is 3.66. The predicted molar refractivity (Wildman–Crippen MR) is 117 cm³/mol. The van der Waals surface area contributed by atoms with Gasteiger partial charge in [0.2, 0.25) is 0 Å². The van der Waals surface area contributed by atoms with E-state index in [0.29, 0.717) is 5.92 Å². The first-order valence-corrected chi connectivity index (χ1v) is 11.1. The molecule has 0 aromatic heterocycles. The summed E-state index contributed by atoms with van der Waals surface area (Å²) < 4.78 is 5.20. The first kappa shape index (κ1) is 22.2. The Morgan fingerprint density at radius 2 is 1.93 bits per heavy atom. The fourth-order valence-corrected chi connectivity index (χ4v) is 4.56. The van der Waals surface area contributed by atoms with Crippen LogP contribution in [-0.4, -0.2) is 44.8 Å². The maximum atomic E-state index is 5.20. The van der Waals surface area contributed by atoms with Gasteiger partial charge in [0.1, 0.15) is 0 Å². The predicted octanol–water partition coefficient (Wildman–Crippen LogP) is 5.02. The standard InChI is InChI=1S/C24H42N2O/c1-5-26(16-17-27-4)15-14-25-24-9-7-6-8-23(19-24)22-12-10-21(11-13-22)18-20(2)3/h6-9,19-23,25H,5,10-18H2,1-4H3. The second-order valence-corrected chi connectivity index (χ2v) is 8.71. The van der Waals surface area contributed by atoms with Crippen LogP contribution in [0.1, 0.15) is 52.9 Å². The van der Waals surface area contributed by atoms with Crippen LogP contribution >= 0.6 is 0 Å². The van der Waals surface area contributed by atoms with E-state index >= 15 is 0 Å². The minimum absolute atomic E-state index is 0.582. The summed E-state index contributed by atoms with van der Waals surface area (Å²) in [5.41, 5.74) is 1.29. The van der Waals surface area contributed by atoms with Crippen LogP contribution in [0.3, 0.4) is 0 Å². The minimum Gasteiger partial charge on any atom is -0.384 e. The van der Waals surface area contributed by atoms with Crippen LogP contribution in [0.5, 0.6) is 0 Å². The third kappa shape index (κ3) is 8.23. The average Bonchev–Trinajstić information content (AvgIpc) is 2.90. The van der Waals surface area contributed by atoms with Gasteiger partial charge in [-0.05, 0) is 49.6 Å². The average molecular weight is 375 g/mol. The van der Waals surface area contributed by atoms with E-state index in [2.05, 4.69) is 61.4 Å². The molecule has 1 atom stereocenters. The van der Waals surface area contributed by atoms with Gasteiger partial charge in [-0.15, -0.1) is 0 Å². The molecule has 0 spiro atoms. The minimum atomic E-state index is 0.582. The number of rotatable bonds is 11. The molecule has 2 rings (SSSR count). The Hall–Kier alpha value is -1.06. The molecule has 1 unspecified atom stereocenters. The monoisotopic (exact) mass is 374 g/mol. The zero-order chi connectivity index (χ0) is 19.5. The van der Waals surface area contributed by atoms with Crippen molar-refractivity contribution in [3.8, 4) is 0 Å². The molecule has 2 aliphatic rings. The molecule has 0 aromatic rings. The molecule has 154 valence electrons. The quantitative estimate of drug-likeness (QED) is 0.549. The van der Waals surface area contributed by atoms with Crippen molar-refractivity contribution < 1.29 is 4.74 Å². The van der Waals surface area contributed by atoms with Crippen LogP contribution in [0.4, 0.5) is 0 Å². The summed E-state index contributed by atoms with van der Waals surface area (Å²) in [6.07, 6.45) is 18.6. The Balaban J connectivity index is 1.81. The summed E-state index contributed by atoms with van der Waals surface area (Å²) in [5.74, 6) is 3.20. The Morgan fingerprint density at radius 1 is 1.15 bits per heavy atom. The molecule has 0 aromatic carbocycles. The van der Waals surface area contributed by atoms with Gasteiger partial charge in [0.15, 0.2) is 0 Å². The van der Waals surface area contributed by atoms with Gasteiger partial charge in [0.25, 0.3) is 0 Å². The highest BCUT2D eigenvalue weighted by molar-refractivity contribution is 5.27. The Morgan fingerprint density at radius 3 is 2.59 bits per heavy atom. The molecule has 0 saturated heterocycles. The molecule has 0 amide bonds. The Labute approximate surface area is 167 Å². The topological polar surface area (TPSA) is 24.5 Å². The van der Waals surface area contributed by atoms with E-state index in [9.17, 15) is 0 Å². The first-order chi connectivity index (χ1) is 13.1. The van der Waals surface area contributed by atoms with E-state index in [1.807, 2.05) is 0 Å². The lowest BCUT2D eigenvalue weighted by atomic mass is 9.73. The molecule has 0 heterocycles. The van der Waals surface area contributed by atoms with Crippen molar-refractivity contribution in [3.63, 3.8) is 0 Å². The highest BCUT2D eigenvalue weighted by atomic mass is 16.5. The van der Waals surface area contributed by atoms with Crippen LogP contribution in [-0.2, 0) is 4.74 Å². The van der Waals surface area contributed by atoms with Gasteiger partial charge in [-0.3, -0.25) is 4.90 Å². The van der Waals surface area contributed by atoms with Crippen molar-refractivity contribution in [1.29, 1.82) is 0 Å². The van der Waals surface area contributed by atoms with Crippen molar-refractivity contribution >= 4 is 0 Å². The van der Waals surface area contributed by atoms with Crippen LogP contribution in [0, 0.1) is 23.7 Å². The van der Waals surface area contributed by atoms with E-state index < -0.39 is 0 Å². The smallest absolute Gasteiger partial charge is 0.0589 e. The molecule has 0 aliphatic heterocycles. The van der Waals surface area contributed by atoms with Crippen molar-refractivity contribution in [3.05, 3.63) is 36.1 Å². The molecule has 2 aliphatic carbocycles. The maximum Gasteiger partial charge on any atom is 0.0589 e. The van der Waals surface area contributed by atoms with Gasteiger partial charge in [0.05, 0.1) is 6.61 Å². The number of hydrogen-bond acceptors (Lipinski definition) is 3. The Bertz CT molecular complexity index is 487. The number of nitrogens with one attached hydrogen (secondary N) is 1. The van der Waals surface area contributed by atoms with Crippen molar-refractivity contribution in [1.82, 2.24) is 10.2 Å². The molecule has 27 heavy (non-hydrogen) atoms. The van der Waals surface area contributed by atoms with E-state index in [-0.39, 0.29) is 0 Å². The van der Waals surface area contributed by atoms with Gasteiger partial charge in [0, 0.05) is 38.4 Å². The Kier molecular flexibility index (Phi) is 10.2. The molecule has 1 N–H and O–H groups in total. The van der Waals surface area contributed by atoms with Crippen LogP contribution in [0.25, 0.3) is 0 Å². The summed E-state index contributed by atoms with van der Waals surface area (Å²) in [4.78, 5) is 2.43. The molecule has 0 radical (unpaired) electrons. The summed E-state index contributed by atoms with van der Waals surface area (Å²) in [7, 11) is 1.77. The third-order valence-corrected chi connectivity index (χ3v) is 6.15. The molecule has 1 saturated carbocycles. The van der Waals surface area contributed by atoms with Crippen molar-refractivity contribution in [2.24, 2.45) is 23.7 Å². The fourth-order valence-electron chi connectivity index (χ4n) is 4.56. The van der Waals surface area contributed by atoms with Crippen LogP contribution in [0.15, 0.2) is 36.1 Å². The summed E-state index contributed by atoms with van der Waals surface area (Å²) in [6, 6.07) is 0. The fraction of sp³-hybridized carbons (Fsp3) is 0.750. The maximum absolute atomic E-state index is 5.20. The zero-order valence-corrected chi connectivity index (χ0v) is 18.1.